The number of thiophene rings is 1. The molecule has 1 fully saturated rings. The average Bonchev–Trinajstić information content (AvgIpc) is 3.01. The Morgan fingerprint density at radius 3 is 2.64 bits per heavy atom. The first-order valence-corrected chi connectivity index (χ1v) is 8.39. The Morgan fingerprint density at radius 2 is 2.00 bits per heavy atom. The van der Waals surface area contributed by atoms with Crippen LogP contribution < -0.4 is 10.6 Å². The van der Waals surface area contributed by atoms with E-state index < -0.39 is 0 Å². The third-order valence-electron chi connectivity index (χ3n) is 3.48. The Bertz CT molecular complexity index is 512. The minimum Gasteiger partial charge on any atom is -0.356 e. The quantitative estimate of drug-likeness (QED) is 0.465. The number of imide groups is 1. The molecule has 7 heteroatoms. The van der Waals surface area contributed by atoms with Crippen molar-refractivity contribution in [1.29, 1.82) is 0 Å². The van der Waals surface area contributed by atoms with Gasteiger partial charge in [0.15, 0.2) is 5.96 Å². The number of hydrogen-bond acceptors (Lipinski definition) is 4. The molecule has 0 radical (unpaired) electrons. The highest BCUT2D eigenvalue weighted by atomic mass is 32.1. The third kappa shape index (κ3) is 4.84. The lowest BCUT2D eigenvalue weighted by Crippen LogP contribution is -2.46. The molecular formula is C15H22N4O2S. The molecule has 2 rings (SSSR count). The maximum Gasteiger partial charge on any atom is 0.229 e. The normalized spacial score (nSPS) is 16.0. The fourth-order valence-electron chi connectivity index (χ4n) is 2.31. The van der Waals surface area contributed by atoms with E-state index in [4.69, 9.17) is 0 Å². The molecule has 0 aromatic carbocycles. The average molecular weight is 322 g/mol. The Labute approximate surface area is 134 Å². The Kier molecular flexibility index (Phi) is 6.39. The highest BCUT2D eigenvalue weighted by Gasteiger charge is 2.25. The van der Waals surface area contributed by atoms with E-state index in [1.807, 2.05) is 6.07 Å². The summed E-state index contributed by atoms with van der Waals surface area (Å²) in [7, 11) is 1.71. The van der Waals surface area contributed by atoms with Gasteiger partial charge in [0.1, 0.15) is 0 Å². The maximum atomic E-state index is 11.7. The van der Waals surface area contributed by atoms with E-state index in [9.17, 15) is 9.59 Å². The maximum absolute atomic E-state index is 11.7. The molecule has 0 spiro atoms. The minimum absolute atomic E-state index is 0.0707. The van der Waals surface area contributed by atoms with Crippen molar-refractivity contribution in [2.75, 3.05) is 26.7 Å². The molecule has 2 heterocycles. The SMILES string of the molecule is CN=C(NCCc1cccs1)NCCN1C(=O)CCCC1=O. The van der Waals surface area contributed by atoms with Crippen LogP contribution in [-0.2, 0) is 16.0 Å². The number of rotatable bonds is 6. The largest absolute Gasteiger partial charge is 0.356 e. The number of carbonyl (C=O) groups excluding carboxylic acids is 2. The minimum atomic E-state index is -0.0707. The number of likely N-dealkylation sites (tertiary alicyclic amines) is 1. The van der Waals surface area contributed by atoms with E-state index in [1.165, 1.54) is 9.78 Å². The Morgan fingerprint density at radius 1 is 1.27 bits per heavy atom. The van der Waals surface area contributed by atoms with E-state index in [0.29, 0.717) is 38.3 Å². The molecule has 2 amide bonds. The van der Waals surface area contributed by atoms with Crippen LogP contribution in [-0.4, -0.2) is 49.4 Å². The zero-order chi connectivity index (χ0) is 15.8. The van der Waals surface area contributed by atoms with Crippen LogP contribution >= 0.6 is 11.3 Å². The number of carbonyl (C=O) groups is 2. The third-order valence-corrected chi connectivity index (χ3v) is 4.41. The Hall–Kier alpha value is -1.89. The van der Waals surface area contributed by atoms with Crippen LogP contribution in [0.3, 0.4) is 0 Å². The summed E-state index contributed by atoms with van der Waals surface area (Å²) >= 11 is 1.74. The molecule has 1 saturated heterocycles. The molecule has 1 aromatic rings. The monoisotopic (exact) mass is 322 g/mol. The standard InChI is InChI=1S/C15H22N4O2S/c1-16-15(17-8-7-12-4-3-11-22-12)18-9-10-19-13(20)5-2-6-14(19)21/h3-4,11H,2,5-10H2,1H3,(H2,16,17,18). The van der Waals surface area contributed by atoms with Gasteiger partial charge in [0.2, 0.25) is 11.8 Å². The first-order chi connectivity index (χ1) is 10.7. The van der Waals surface area contributed by atoms with Crippen LogP contribution in [0.15, 0.2) is 22.5 Å². The number of nitrogens with one attached hydrogen (secondary N) is 2. The summed E-state index contributed by atoms with van der Waals surface area (Å²) in [6.07, 6.45) is 2.56. The molecule has 1 aliphatic heterocycles. The summed E-state index contributed by atoms with van der Waals surface area (Å²) in [6, 6.07) is 4.15. The number of guanidine groups is 1. The molecule has 2 N–H and O–H groups in total. The first-order valence-electron chi connectivity index (χ1n) is 7.51. The molecule has 0 bridgehead atoms. The number of hydrogen-bond donors (Lipinski definition) is 2. The van der Waals surface area contributed by atoms with Gasteiger partial charge in [-0.3, -0.25) is 19.5 Å². The second-order valence-electron chi connectivity index (χ2n) is 5.05. The van der Waals surface area contributed by atoms with E-state index in [0.717, 1.165) is 13.0 Å². The molecular weight excluding hydrogens is 300 g/mol. The number of piperidine rings is 1. The smallest absolute Gasteiger partial charge is 0.229 e. The van der Waals surface area contributed by atoms with Crippen molar-refractivity contribution < 1.29 is 9.59 Å². The second-order valence-corrected chi connectivity index (χ2v) is 6.08. The topological polar surface area (TPSA) is 73.8 Å². The van der Waals surface area contributed by atoms with Gasteiger partial charge in [-0.15, -0.1) is 11.3 Å². The molecule has 1 aromatic heterocycles. The molecule has 0 saturated carbocycles. The summed E-state index contributed by atoms with van der Waals surface area (Å²) in [5.41, 5.74) is 0. The van der Waals surface area contributed by atoms with Gasteiger partial charge in [-0.1, -0.05) is 6.07 Å². The van der Waals surface area contributed by atoms with Crippen molar-refractivity contribution >= 4 is 29.1 Å². The van der Waals surface area contributed by atoms with Crippen molar-refractivity contribution in [1.82, 2.24) is 15.5 Å². The summed E-state index contributed by atoms with van der Waals surface area (Å²) in [6.45, 7) is 1.70. The fourth-order valence-corrected chi connectivity index (χ4v) is 3.02. The summed E-state index contributed by atoms with van der Waals surface area (Å²) < 4.78 is 0. The predicted molar refractivity (Wildman–Crippen MR) is 88.0 cm³/mol. The zero-order valence-electron chi connectivity index (χ0n) is 12.8. The van der Waals surface area contributed by atoms with Crippen LogP contribution in [0.4, 0.5) is 0 Å². The number of aliphatic imine (C=N–C) groups is 1. The first kappa shape index (κ1) is 16.5. The van der Waals surface area contributed by atoms with Gasteiger partial charge in [-0.05, 0) is 24.3 Å². The van der Waals surface area contributed by atoms with Crippen molar-refractivity contribution in [3.8, 4) is 0 Å². The van der Waals surface area contributed by atoms with E-state index in [1.54, 1.807) is 18.4 Å². The lowest BCUT2D eigenvalue weighted by molar-refractivity contribution is -0.147. The number of nitrogens with zero attached hydrogens (tertiary/aromatic N) is 2. The molecule has 0 unspecified atom stereocenters. The van der Waals surface area contributed by atoms with Gasteiger partial charge < -0.3 is 10.6 Å². The lowest BCUT2D eigenvalue weighted by atomic mass is 10.1. The van der Waals surface area contributed by atoms with Crippen molar-refractivity contribution in [2.45, 2.75) is 25.7 Å². The van der Waals surface area contributed by atoms with Crippen LogP contribution in [0.1, 0.15) is 24.1 Å². The van der Waals surface area contributed by atoms with Gasteiger partial charge in [0, 0.05) is 44.4 Å². The molecule has 1 aliphatic rings. The molecule has 6 nitrogen and oxygen atoms in total. The molecule has 120 valence electrons. The number of amides is 2. The van der Waals surface area contributed by atoms with Gasteiger partial charge in [-0.2, -0.15) is 0 Å². The lowest BCUT2D eigenvalue weighted by Gasteiger charge is -2.25. The highest BCUT2D eigenvalue weighted by Crippen LogP contribution is 2.11. The molecule has 22 heavy (non-hydrogen) atoms. The Balaban J connectivity index is 1.67. The van der Waals surface area contributed by atoms with Crippen molar-refractivity contribution in [3.05, 3.63) is 22.4 Å². The predicted octanol–water partition coefficient (Wildman–Crippen LogP) is 0.995. The van der Waals surface area contributed by atoms with Gasteiger partial charge >= 0.3 is 0 Å². The fraction of sp³-hybridized carbons (Fsp3) is 0.533. The zero-order valence-corrected chi connectivity index (χ0v) is 13.6. The van der Waals surface area contributed by atoms with Crippen LogP contribution in [0, 0.1) is 0 Å². The van der Waals surface area contributed by atoms with Crippen LogP contribution in [0.5, 0.6) is 0 Å². The summed E-state index contributed by atoms with van der Waals surface area (Å²) in [5, 5.41) is 8.42. The summed E-state index contributed by atoms with van der Waals surface area (Å²) in [5.74, 6) is 0.547. The highest BCUT2D eigenvalue weighted by molar-refractivity contribution is 7.09. The van der Waals surface area contributed by atoms with Crippen molar-refractivity contribution in [2.24, 2.45) is 4.99 Å². The van der Waals surface area contributed by atoms with Crippen molar-refractivity contribution in [3.63, 3.8) is 0 Å². The van der Waals surface area contributed by atoms with E-state index in [-0.39, 0.29) is 11.8 Å². The van der Waals surface area contributed by atoms with Crippen LogP contribution in [0.2, 0.25) is 0 Å². The van der Waals surface area contributed by atoms with E-state index in [2.05, 4.69) is 27.1 Å². The summed E-state index contributed by atoms with van der Waals surface area (Å²) in [4.78, 5) is 30.2. The van der Waals surface area contributed by atoms with Gasteiger partial charge in [0.25, 0.3) is 0 Å². The molecule has 0 atom stereocenters. The second kappa shape index (κ2) is 8.53. The van der Waals surface area contributed by atoms with Gasteiger partial charge in [0.05, 0.1) is 0 Å². The van der Waals surface area contributed by atoms with Crippen LogP contribution in [0.25, 0.3) is 0 Å². The van der Waals surface area contributed by atoms with E-state index >= 15 is 0 Å². The molecule has 0 aliphatic carbocycles. The van der Waals surface area contributed by atoms with Gasteiger partial charge in [-0.25, -0.2) is 0 Å².